The highest BCUT2D eigenvalue weighted by Crippen LogP contribution is 2.37. The van der Waals surface area contributed by atoms with Gasteiger partial charge in [-0.05, 0) is 31.2 Å². The number of nitrogens with one attached hydrogen (secondary N) is 1. The molecule has 2 N–H and O–H groups in total. The fourth-order valence-corrected chi connectivity index (χ4v) is 3.95. The molecule has 9 nitrogen and oxygen atoms in total. The summed E-state index contributed by atoms with van der Waals surface area (Å²) in [5, 5.41) is 19.5. The molecule has 1 atom stereocenters. The van der Waals surface area contributed by atoms with Gasteiger partial charge in [-0.2, -0.15) is 0 Å². The third-order valence-electron chi connectivity index (χ3n) is 5.45. The molecule has 1 unspecified atom stereocenters. The van der Waals surface area contributed by atoms with Gasteiger partial charge in [0.15, 0.2) is 0 Å². The smallest absolute Gasteiger partial charge is 0.356 e. The van der Waals surface area contributed by atoms with E-state index in [1.165, 1.54) is 7.11 Å². The normalized spacial score (nSPS) is 12.2. The molecule has 0 amide bonds. The molecule has 3 heterocycles. The van der Waals surface area contributed by atoms with Crippen LogP contribution in [-0.2, 0) is 17.9 Å². The molecule has 0 bridgehead atoms. The number of aliphatic hydroxyl groups excluding tert-OH is 1. The van der Waals surface area contributed by atoms with Crippen molar-refractivity contribution in [2.45, 2.75) is 26.2 Å². The first kappa shape index (κ1) is 21.6. The number of hydrogen-bond acceptors (Lipinski definition) is 7. The van der Waals surface area contributed by atoms with Crippen molar-refractivity contribution in [3.63, 3.8) is 0 Å². The van der Waals surface area contributed by atoms with Crippen LogP contribution in [0, 0.1) is 0 Å². The average Bonchev–Trinajstić information content (AvgIpc) is 3.45. The lowest BCUT2D eigenvalue weighted by molar-refractivity contribution is 0.0594. The molecule has 2 aromatic carbocycles. The number of aromatic nitrogens is 5. The van der Waals surface area contributed by atoms with Crippen LogP contribution in [0.3, 0.4) is 0 Å². The second-order valence-corrected chi connectivity index (χ2v) is 8.01. The number of fused-ring (bicyclic) bond motifs is 3. The SMILES string of the molecule is COC(=O)c1cc2c([nH]c3ccccc32)c(-c2ccccc2OCc2cn(CC(C)O)nn2)n1. The monoisotopic (exact) mass is 457 g/mol. The maximum atomic E-state index is 12.4. The van der Waals surface area contributed by atoms with Crippen molar-refractivity contribution in [2.24, 2.45) is 0 Å². The number of rotatable bonds is 7. The van der Waals surface area contributed by atoms with Gasteiger partial charge in [0.05, 0.1) is 37.2 Å². The summed E-state index contributed by atoms with van der Waals surface area (Å²) in [5.41, 5.74) is 3.89. The molecular formula is C25H23N5O4. The molecular weight excluding hydrogens is 434 g/mol. The van der Waals surface area contributed by atoms with Gasteiger partial charge in [0.1, 0.15) is 23.7 Å². The van der Waals surface area contributed by atoms with Crippen LogP contribution in [0.15, 0.2) is 60.8 Å². The fraction of sp³-hybridized carbons (Fsp3) is 0.200. The second-order valence-electron chi connectivity index (χ2n) is 8.01. The Balaban J connectivity index is 1.57. The van der Waals surface area contributed by atoms with Gasteiger partial charge in [-0.15, -0.1) is 5.10 Å². The summed E-state index contributed by atoms with van der Waals surface area (Å²) in [6.45, 7) is 2.23. The molecule has 0 radical (unpaired) electrons. The van der Waals surface area contributed by atoms with Crippen molar-refractivity contribution < 1.29 is 19.4 Å². The average molecular weight is 457 g/mol. The van der Waals surface area contributed by atoms with Crippen LogP contribution in [0.1, 0.15) is 23.1 Å². The molecule has 0 saturated heterocycles. The highest BCUT2D eigenvalue weighted by molar-refractivity contribution is 6.13. The zero-order chi connectivity index (χ0) is 23.7. The number of para-hydroxylation sites is 2. The molecule has 5 rings (SSSR count). The summed E-state index contributed by atoms with van der Waals surface area (Å²) in [6, 6.07) is 17.1. The third-order valence-corrected chi connectivity index (χ3v) is 5.45. The van der Waals surface area contributed by atoms with Crippen molar-refractivity contribution in [3.8, 4) is 17.0 Å². The second kappa shape index (κ2) is 8.95. The molecule has 0 aliphatic rings. The minimum atomic E-state index is -0.525. The lowest BCUT2D eigenvalue weighted by Crippen LogP contribution is -2.12. The number of aliphatic hydroxyl groups is 1. The zero-order valence-electron chi connectivity index (χ0n) is 18.7. The first-order valence-electron chi connectivity index (χ1n) is 10.8. The van der Waals surface area contributed by atoms with Gasteiger partial charge in [-0.3, -0.25) is 0 Å². The van der Waals surface area contributed by atoms with Gasteiger partial charge in [0, 0.05) is 21.9 Å². The van der Waals surface area contributed by atoms with E-state index >= 15 is 0 Å². The molecule has 0 saturated carbocycles. The molecule has 0 fully saturated rings. The quantitative estimate of drug-likeness (QED) is 0.358. The van der Waals surface area contributed by atoms with E-state index < -0.39 is 12.1 Å². The molecule has 9 heteroatoms. The summed E-state index contributed by atoms with van der Waals surface area (Å²) in [6.07, 6.45) is 1.21. The van der Waals surface area contributed by atoms with E-state index in [1.807, 2.05) is 48.5 Å². The van der Waals surface area contributed by atoms with E-state index in [1.54, 1.807) is 23.9 Å². The Kier molecular flexibility index (Phi) is 5.69. The molecule has 3 aromatic heterocycles. The van der Waals surface area contributed by atoms with E-state index in [2.05, 4.69) is 20.3 Å². The first-order chi connectivity index (χ1) is 16.5. The highest BCUT2D eigenvalue weighted by atomic mass is 16.5. The maximum Gasteiger partial charge on any atom is 0.356 e. The molecule has 0 aliphatic heterocycles. The highest BCUT2D eigenvalue weighted by Gasteiger charge is 2.19. The van der Waals surface area contributed by atoms with E-state index in [9.17, 15) is 9.90 Å². The Bertz CT molecular complexity index is 1490. The van der Waals surface area contributed by atoms with Crippen molar-refractivity contribution in [1.29, 1.82) is 0 Å². The topological polar surface area (TPSA) is 115 Å². The van der Waals surface area contributed by atoms with Crippen molar-refractivity contribution in [3.05, 3.63) is 72.2 Å². The van der Waals surface area contributed by atoms with E-state index in [0.717, 1.165) is 27.4 Å². The number of esters is 1. The summed E-state index contributed by atoms with van der Waals surface area (Å²) in [7, 11) is 1.34. The third kappa shape index (κ3) is 4.08. The lowest BCUT2D eigenvalue weighted by atomic mass is 10.1. The van der Waals surface area contributed by atoms with Crippen LogP contribution < -0.4 is 4.74 Å². The minimum absolute atomic E-state index is 0.184. The number of pyridine rings is 1. The zero-order valence-corrected chi connectivity index (χ0v) is 18.7. The largest absolute Gasteiger partial charge is 0.486 e. The van der Waals surface area contributed by atoms with Gasteiger partial charge in [-0.25, -0.2) is 14.5 Å². The Hall–Kier alpha value is -4.24. The van der Waals surface area contributed by atoms with Crippen LogP contribution >= 0.6 is 0 Å². The van der Waals surface area contributed by atoms with E-state index in [0.29, 0.717) is 23.7 Å². The van der Waals surface area contributed by atoms with Gasteiger partial charge in [-0.1, -0.05) is 35.5 Å². The summed E-state index contributed by atoms with van der Waals surface area (Å²) >= 11 is 0. The number of methoxy groups -OCH3 is 1. The Labute approximate surface area is 195 Å². The molecule has 0 spiro atoms. The minimum Gasteiger partial charge on any atom is -0.486 e. The Morgan fingerprint density at radius 3 is 2.76 bits per heavy atom. The van der Waals surface area contributed by atoms with Gasteiger partial charge in [0.25, 0.3) is 0 Å². The Morgan fingerprint density at radius 2 is 1.94 bits per heavy atom. The number of nitrogens with zero attached hydrogens (tertiary/aromatic N) is 4. The number of ether oxygens (including phenoxy) is 2. The van der Waals surface area contributed by atoms with Crippen molar-refractivity contribution >= 4 is 27.8 Å². The van der Waals surface area contributed by atoms with Crippen molar-refractivity contribution in [2.75, 3.05) is 7.11 Å². The molecule has 5 aromatic rings. The summed E-state index contributed by atoms with van der Waals surface area (Å²) in [4.78, 5) is 20.5. The number of carbonyl (C=O) groups excluding carboxylic acids is 1. The van der Waals surface area contributed by atoms with Crippen LogP contribution in [0.4, 0.5) is 0 Å². The standard InChI is InChI=1S/C25H23N5O4/c1-15(31)12-30-13-16(28-29-30)14-34-22-10-6-4-8-18(22)23-24-19(11-21(27-23)25(32)33-2)17-7-3-5-9-20(17)26-24/h3-11,13,15,26,31H,12,14H2,1-2H3. The predicted octanol–water partition coefficient (Wildman–Crippen LogP) is 3.72. The van der Waals surface area contributed by atoms with Crippen molar-refractivity contribution in [1.82, 2.24) is 25.0 Å². The van der Waals surface area contributed by atoms with Crippen LogP contribution in [0.5, 0.6) is 5.75 Å². The number of carbonyl (C=O) groups is 1. The van der Waals surface area contributed by atoms with Gasteiger partial charge < -0.3 is 19.6 Å². The first-order valence-corrected chi connectivity index (χ1v) is 10.8. The van der Waals surface area contributed by atoms with Crippen LogP contribution in [-0.4, -0.2) is 49.3 Å². The van der Waals surface area contributed by atoms with Gasteiger partial charge >= 0.3 is 5.97 Å². The number of H-pyrrole nitrogens is 1. The van der Waals surface area contributed by atoms with E-state index in [-0.39, 0.29) is 12.3 Å². The summed E-state index contributed by atoms with van der Waals surface area (Å²) < 4.78 is 12.6. The van der Waals surface area contributed by atoms with Crippen LogP contribution in [0.2, 0.25) is 0 Å². The number of benzene rings is 2. The molecule has 172 valence electrons. The molecule has 0 aliphatic carbocycles. The van der Waals surface area contributed by atoms with E-state index in [4.69, 9.17) is 9.47 Å². The number of hydrogen-bond donors (Lipinski definition) is 2. The lowest BCUT2D eigenvalue weighted by Gasteiger charge is -2.12. The van der Waals surface area contributed by atoms with Crippen LogP contribution in [0.25, 0.3) is 33.1 Å². The fourth-order valence-electron chi connectivity index (χ4n) is 3.95. The Morgan fingerprint density at radius 1 is 1.15 bits per heavy atom. The maximum absolute atomic E-state index is 12.4. The summed E-state index contributed by atoms with van der Waals surface area (Å²) in [5.74, 6) is 0.0728. The van der Waals surface area contributed by atoms with Gasteiger partial charge in [0.2, 0.25) is 0 Å². The number of aromatic amines is 1. The predicted molar refractivity (Wildman–Crippen MR) is 126 cm³/mol. The molecule has 34 heavy (non-hydrogen) atoms.